The lowest BCUT2D eigenvalue weighted by Gasteiger charge is -2.39. The van der Waals surface area contributed by atoms with Gasteiger partial charge in [0.15, 0.2) is 12.6 Å². The van der Waals surface area contributed by atoms with Crippen molar-refractivity contribution in [2.24, 2.45) is 5.92 Å². The van der Waals surface area contributed by atoms with E-state index < -0.39 is 48.4 Å². The SMILES string of the molecule is CCOC(C)OC1CCC(C)(OC(C)OCC)C(OC(C)=O)C=CC(C)C(C(C)=CC=O)OC(=O)C1. The summed E-state index contributed by atoms with van der Waals surface area (Å²) < 4.78 is 35.0. The molecule has 0 aromatic heterocycles. The van der Waals surface area contributed by atoms with Gasteiger partial charge >= 0.3 is 11.9 Å². The topological polar surface area (TPSA) is 107 Å². The number of aldehydes is 1. The van der Waals surface area contributed by atoms with Crippen LogP contribution in [0.5, 0.6) is 0 Å². The molecule has 0 bridgehead atoms. The molecule has 1 heterocycles. The number of hydrogen-bond donors (Lipinski definition) is 0. The lowest BCUT2D eigenvalue weighted by molar-refractivity contribution is -0.230. The molecule has 1 aliphatic rings. The van der Waals surface area contributed by atoms with E-state index >= 15 is 0 Å². The zero-order chi connectivity index (χ0) is 27.3. The quantitative estimate of drug-likeness (QED) is 0.132. The number of carbonyl (C=O) groups is 3. The lowest BCUT2D eigenvalue weighted by atomic mass is 9.88. The van der Waals surface area contributed by atoms with Crippen LogP contribution in [0.1, 0.15) is 74.7 Å². The maximum atomic E-state index is 12.9. The predicted molar refractivity (Wildman–Crippen MR) is 134 cm³/mol. The molecule has 9 heteroatoms. The van der Waals surface area contributed by atoms with Crippen LogP contribution in [0.15, 0.2) is 23.8 Å². The van der Waals surface area contributed by atoms with E-state index in [0.29, 0.717) is 37.9 Å². The van der Waals surface area contributed by atoms with E-state index in [1.54, 1.807) is 26.8 Å². The first-order chi connectivity index (χ1) is 16.9. The number of cyclic esters (lactones) is 1. The summed E-state index contributed by atoms with van der Waals surface area (Å²) in [5.41, 5.74) is -0.389. The Kier molecular flexibility index (Phi) is 14.1. The van der Waals surface area contributed by atoms with Crippen molar-refractivity contribution >= 4 is 18.2 Å². The predicted octanol–water partition coefficient (Wildman–Crippen LogP) is 4.28. The highest BCUT2D eigenvalue weighted by Crippen LogP contribution is 2.32. The first-order valence-electron chi connectivity index (χ1n) is 12.7. The zero-order valence-electron chi connectivity index (χ0n) is 23.0. The van der Waals surface area contributed by atoms with Gasteiger partial charge in [0.1, 0.15) is 24.1 Å². The molecule has 7 atom stereocenters. The van der Waals surface area contributed by atoms with Crippen molar-refractivity contribution in [1.29, 1.82) is 0 Å². The second-order valence-electron chi connectivity index (χ2n) is 9.21. The molecular formula is C27H44O9. The first-order valence-corrected chi connectivity index (χ1v) is 12.7. The Balaban J connectivity index is 3.50. The Bertz CT molecular complexity index is 762. The summed E-state index contributed by atoms with van der Waals surface area (Å²) >= 11 is 0. The van der Waals surface area contributed by atoms with Crippen LogP contribution in [0.4, 0.5) is 0 Å². The van der Waals surface area contributed by atoms with Crippen LogP contribution in [-0.4, -0.2) is 67.9 Å². The molecule has 0 saturated carbocycles. The van der Waals surface area contributed by atoms with Crippen molar-refractivity contribution in [2.75, 3.05) is 13.2 Å². The monoisotopic (exact) mass is 512 g/mol. The van der Waals surface area contributed by atoms with Gasteiger partial charge in [0.25, 0.3) is 0 Å². The molecule has 0 saturated heterocycles. The number of esters is 2. The Labute approximate surface area is 215 Å². The van der Waals surface area contributed by atoms with E-state index in [1.165, 1.54) is 13.0 Å². The fourth-order valence-electron chi connectivity index (χ4n) is 4.24. The largest absolute Gasteiger partial charge is 0.457 e. The van der Waals surface area contributed by atoms with Crippen molar-refractivity contribution in [3.63, 3.8) is 0 Å². The van der Waals surface area contributed by atoms with E-state index in [-0.39, 0.29) is 12.3 Å². The summed E-state index contributed by atoms with van der Waals surface area (Å²) in [7, 11) is 0. The molecule has 7 unspecified atom stereocenters. The fourth-order valence-corrected chi connectivity index (χ4v) is 4.24. The molecule has 0 amide bonds. The minimum absolute atomic E-state index is 0.0198. The number of carbonyl (C=O) groups excluding carboxylic acids is 3. The molecule has 0 aromatic rings. The molecule has 0 aliphatic carbocycles. The van der Waals surface area contributed by atoms with E-state index in [4.69, 9.17) is 28.4 Å². The summed E-state index contributed by atoms with van der Waals surface area (Å²) in [6.45, 7) is 15.0. The highest BCUT2D eigenvalue weighted by molar-refractivity contribution is 5.71. The molecule has 0 radical (unpaired) electrons. The standard InChI is InChI=1S/C27H44O9/c1-9-31-21(6)34-23-13-15-27(8,36-22(7)32-10-2)24(33-20(5)29)12-11-18(3)26(19(4)14-16-28)35-25(30)17-23/h11-12,14,16,18,21-24,26H,9-10,13,15,17H2,1-8H3. The summed E-state index contributed by atoms with van der Waals surface area (Å²) in [5.74, 6) is -1.23. The van der Waals surface area contributed by atoms with Crippen molar-refractivity contribution in [3.05, 3.63) is 23.8 Å². The minimum Gasteiger partial charge on any atom is -0.457 e. The molecule has 0 fully saturated rings. The molecule has 1 rings (SSSR count). The van der Waals surface area contributed by atoms with Crippen molar-refractivity contribution < 1.29 is 42.8 Å². The average Bonchev–Trinajstić information content (AvgIpc) is 2.78. The fraction of sp³-hybridized carbons (Fsp3) is 0.741. The van der Waals surface area contributed by atoms with Gasteiger partial charge in [-0.2, -0.15) is 0 Å². The van der Waals surface area contributed by atoms with Crippen molar-refractivity contribution in [1.82, 2.24) is 0 Å². The summed E-state index contributed by atoms with van der Waals surface area (Å²) in [6, 6.07) is 0. The van der Waals surface area contributed by atoms with Gasteiger partial charge in [0.2, 0.25) is 0 Å². The average molecular weight is 513 g/mol. The third-order valence-electron chi connectivity index (χ3n) is 5.98. The second kappa shape index (κ2) is 15.9. The summed E-state index contributed by atoms with van der Waals surface area (Å²) in [6.07, 6.45) is 3.29. The van der Waals surface area contributed by atoms with Gasteiger partial charge in [-0.15, -0.1) is 0 Å². The number of hydrogen-bond acceptors (Lipinski definition) is 9. The molecule has 0 spiro atoms. The van der Waals surface area contributed by atoms with Gasteiger partial charge in [-0.05, 0) is 72.1 Å². The van der Waals surface area contributed by atoms with Gasteiger partial charge in [0.05, 0.1) is 12.5 Å². The van der Waals surface area contributed by atoms with Crippen LogP contribution in [-0.2, 0) is 42.8 Å². The second-order valence-corrected chi connectivity index (χ2v) is 9.21. The van der Waals surface area contributed by atoms with Gasteiger partial charge in [0, 0.05) is 26.1 Å². The number of rotatable bonds is 11. The first kappa shape index (κ1) is 32.0. The van der Waals surface area contributed by atoms with Gasteiger partial charge < -0.3 is 28.4 Å². The Morgan fingerprint density at radius 1 is 1.17 bits per heavy atom. The summed E-state index contributed by atoms with van der Waals surface area (Å²) in [4.78, 5) is 36.1. The van der Waals surface area contributed by atoms with E-state index in [9.17, 15) is 14.4 Å². The maximum absolute atomic E-state index is 12.9. The van der Waals surface area contributed by atoms with Gasteiger partial charge in [-0.3, -0.25) is 14.4 Å². The van der Waals surface area contributed by atoms with Crippen LogP contribution in [0.2, 0.25) is 0 Å². The van der Waals surface area contributed by atoms with Gasteiger partial charge in [-0.1, -0.05) is 13.0 Å². The third kappa shape index (κ3) is 10.9. The normalized spacial score (nSPS) is 29.9. The van der Waals surface area contributed by atoms with Crippen LogP contribution in [0.25, 0.3) is 0 Å². The number of allylic oxidation sites excluding steroid dienone is 1. The van der Waals surface area contributed by atoms with E-state index in [2.05, 4.69) is 0 Å². The molecule has 36 heavy (non-hydrogen) atoms. The molecule has 0 N–H and O–H groups in total. The van der Waals surface area contributed by atoms with Gasteiger partial charge in [-0.25, -0.2) is 0 Å². The Hall–Kier alpha value is -2.07. The van der Waals surface area contributed by atoms with E-state index in [1.807, 2.05) is 33.8 Å². The Morgan fingerprint density at radius 3 is 2.39 bits per heavy atom. The molecular weight excluding hydrogens is 468 g/mol. The molecule has 1 aliphatic heterocycles. The lowest BCUT2D eigenvalue weighted by Crippen LogP contribution is -2.47. The zero-order valence-corrected chi connectivity index (χ0v) is 23.0. The highest BCUT2D eigenvalue weighted by Gasteiger charge is 2.40. The maximum Gasteiger partial charge on any atom is 0.309 e. The smallest absolute Gasteiger partial charge is 0.309 e. The van der Waals surface area contributed by atoms with Crippen LogP contribution in [0, 0.1) is 5.92 Å². The van der Waals surface area contributed by atoms with Crippen molar-refractivity contribution in [2.45, 2.75) is 111 Å². The minimum atomic E-state index is -0.987. The highest BCUT2D eigenvalue weighted by atomic mass is 16.7. The molecule has 9 nitrogen and oxygen atoms in total. The van der Waals surface area contributed by atoms with E-state index in [0.717, 1.165) is 0 Å². The van der Waals surface area contributed by atoms with Crippen LogP contribution >= 0.6 is 0 Å². The third-order valence-corrected chi connectivity index (χ3v) is 5.98. The summed E-state index contributed by atoms with van der Waals surface area (Å²) in [5, 5.41) is 0. The van der Waals surface area contributed by atoms with Crippen molar-refractivity contribution in [3.8, 4) is 0 Å². The Morgan fingerprint density at radius 2 is 1.81 bits per heavy atom. The molecule has 206 valence electrons. The number of ether oxygens (including phenoxy) is 6. The molecule has 0 aromatic carbocycles. The van der Waals surface area contributed by atoms with Crippen LogP contribution < -0.4 is 0 Å². The van der Waals surface area contributed by atoms with Crippen LogP contribution in [0.3, 0.4) is 0 Å².